The second-order valence-electron chi connectivity index (χ2n) is 9.11. The van der Waals surface area contributed by atoms with E-state index in [1.165, 1.54) is 0 Å². The second-order valence-corrected chi connectivity index (χ2v) is 9.11. The largest absolute Gasteiger partial charge is 0.457 e. The summed E-state index contributed by atoms with van der Waals surface area (Å²) >= 11 is 0. The molecule has 0 unspecified atom stereocenters. The van der Waals surface area contributed by atoms with Gasteiger partial charge in [-0.25, -0.2) is 4.79 Å². The van der Waals surface area contributed by atoms with E-state index in [2.05, 4.69) is 15.2 Å². The zero-order valence-corrected chi connectivity index (χ0v) is 19.1. The van der Waals surface area contributed by atoms with E-state index in [1.54, 1.807) is 0 Å². The highest BCUT2D eigenvalue weighted by Crippen LogP contribution is 2.33. The molecule has 0 spiro atoms. The van der Waals surface area contributed by atoms with Gasteiger partial charge in [0.05, 0.1) is 12.5 Å². The van der Waals surface area contributed by atoms with E-state index in [4.69, 9.17) is 9.47 Å². The van der Waals surface area contributed by atoms with Gasteiger partial charge in [-0.2, -0.15) is 0 Å². The second kappa shape index (κ2) is 10.2. The van der Waals surface area contributed by atoms with Crippen molar-refractivity contribution >= 4 is 23.0 Å². The standard InChI is InChI=1S/C24H35N3O4/c1-17(2)22(28)31-24(12-6-5-7-13-24)16-26-23(29)30-20-10-8-9-19-21(20)18(15-25-19)11-14-27(3)4/h8-10,15,17,25H,5-7,11-14,16H2,1-4H3,(H,26,29). The van der Waals surface area contributed by atoms with Gasteiger partial charge < -0.3 is 24.7 Å². The molecule has 0 radical (unpaired) electrons. The van der Waals surface area contributed by atoms with Crippen LogP contribution in [0.1, 0.15) is 51.5 Å². The van der Waals surface area contributed by atoms with Crippen LogP contribution in [0.2, 0.25) is 0 Å². The molecule has 1 amide bonds. The molecule has 2 N–H and O–H groups in total. The number of aromatic nitrogens is 1. The van der Waals surface area contributed by atoms with Gasteiger partial charge in [0.25, 0.3) is 0 Å². The Morgan fingerprint density at radius 3 is 2.61 bits per heavy atom. The molecule has 0 atom stereocenters. The molecule has 0 aliphatic heterocycles. The number of rotatable bonds is 8. The number of hydrogen-bond donors (Lipinski definition) is 2. The monoisotopic (exact) mass is 429 g/mol. The van der Waals surface area contributed by atoms with Gasteiger partial charge in [-0.1, -0.05) is 26.3 Å². The number of carbonyl (C=O) groups is 2. The van der Waals surface area contributed by atoms with E-state index >= 15 is 0 Å². The number of carbonyl (C=O) groups excluding carboxylic acids is 2. The number of fused-ring (bicyclic) bond motifs is 1. The SMILES string of the molecule is CC(C)C(=O)OC1(CNC(=O)Oc2cccc3[nH]cc(CCN(C)C)c23)CCCCC1. The number of H-pyrrole nitrogens is 1. The van der Waals surface area contributed by atoms with Gasteiger partial charge in [-0.05, 0) is 63.9 Å². The minimum absolute atomic E-state index is 0.197. The Bertz CT molecular complexity index is 897. The van der Waals surface area contributed by atoms with Crippen molar-refractivity contribution in [1.29, 1.82) is 0 Å². The maximum atomic E-state index is 12.7. The third-order valence-electron chi connectivity index (χ3n) is 5.89. The molecule has 0 saturated heterocycles. The summed E-state index contributed by atoms with van der Waals surface area (Å²) in [5.41, 5.74) is 1.41. The van der Waals surface area contributed by atoms with Gasteiger partial charge in [-0.15, -0.1) is 0 Å². The number of ether oxygens (including phenoxy) is 2. The first-order valence-corrected chi connectivity index (χ1v) is 11.2. The van der Waals surface area contributed by atoms with Crippen LogP contribution in [0.5, 0.6) is 5.75 Å². The molecule has 1 aromatic carbocycles. The topological polar surface area (TPSA) is 83.7 Å². The molecule has 7 heteroatoms. The third kappa shape index (κ3) is 6.00. The predicted molar refractivity (Wildman–Crippen MR) is 121 cm³/mol. The molecule has 31 heavy (non-hydrogen) atoms. The maximum absolute atomic E-state index is 12.7. The summed E-state index contributed by atoms with van der Waals surface area (Å²) in [6.45, 7) is 4.82. The minimum atomic E-state index is -0.643. The molecule has 1 aliphatic carbocycles. The van der Waals surface area contributed by atoms with E-state index in [-0.39, 0.29) is 18.4 Å². The van der Waals surface area contributed by atoms with Crippen LogP contribution >= 0.6 is 0 Å². The van der Waals surface area contributed by atoms with E-state index in [1.807, 2.05) is 52.3 Å². The number of amides is 1. The Morgan fingerprint density at radius 1 is 1.19 bits per heavy atom. The highest BCUT2D eigenvalue weighted by Gasteiger charge is 2.37. The zero-order chi connectivity index (χ0) is 22.4. The molecule has 1 aliphatic rings. The molecule has 2 aromatic rings. The summed E-state index contributed by atoms with van der Waals surface area (Å²) in [7, 11) is 4.07. The summed E-state index contributed by atoms with van der Waals surface area (Å²) in [6, 6.07) is 5.65. The molecule has 1 heterocycles. The van der Waals surface area contributed by atoms with Gasteiger partial charge in [0.2, 0.25) is 0 Å². The van der Waals surface area contributed by atoms with Crippen molar-refractivity contribution in [2.75, 3.05) is 27.2 Å². The Morgan fingerprint density at radius 2 is 1.94 bits per heavy atom. The van der Waals surface area contributed by atoms with Crippen molar-refractivity contribution in [3.63, 3.8) is 0 Å². The lowest BCUT2D eigenvalue weighted by Crippen LogP contribution is -2.48. The number of nitrogens with zero attached hydrogens (tertiary/aromatic N) is 1. The number of benzene rings is 1. The summed E-state index contributed by atoms with van der Waals surface area (Å²) < 4.78 is 11.6. The lowest BCUT2D eigenvalue weighted by atomic mass is 9.84. The van der Waals surface area contributed by atoms with Crippen LogP contribution in [0.3, 0.4) is 0 Å². The van der Waals surface area contributed by atoms with Crippen molar-refractivity contribution in [3.8, 4) is 5.75 Å². The third-order valence-corrected chi connectivity index (χ3v) is 5.89. The lowest BCUT2D eigenvalue weighted by molar-refractivity contribution is -0.166. The molecule has 1 fully saturated rings. The average Bonchev–Trinajstić information content (AvgIpc) is 3.15. The van der Waals surface area contributed by atoms with Crippen LogP contribution in [0.15, 0.2) is 24.4 Å². The van der Waals surface area contributed by atoms with Crippen molar-refractivity contribution in [3.05, 3.63) is 30.0 Å². The predicted octanol–water partition coefficient (Wildman–Crippen LogP) is 4.26. The van der Waals surface area contributed by atoms with Crippen LogP contribution in [-0.2, 0) is 16.0 Å². The Balaban J connectivity index is 1.69. The first-order valence-electron chi connectivity index (χ1n) is 11.2. The van der Waals surface area contributed by atoms with Gasteiger partial charge in [-0.3, -0.25) is 4.79 Å². The number of aromatic amines is 1. The fourth-order valence-corrected chi connectivity index (χ4v) is 4.06. The normalized spacial score (nSPS) is 15.9. The van der Waals surface area contributed by atoms with Gasteiger partial charge in [0, 0.05) is 23.6 Å². The van der Waals surface area contributed by atoms with Crippen LogP contribution in [-0.4, -0.2) is 54.7 Å². The number of hydrogen-bond acceptors (Lipinski definition) is 5. The van der Waals surface area contributed by atoms with Crippen molar-refractivity contribution in [2.45, 2.75) is 58.0 Å². The van der Waals surface area contributed by atoms with Gasteiger partial charge in [0.1, 0.15) is 11.4 Å². The minimum Gasteiger partial charge on any atom is -0.457 e. The van der Waals surface area contributed by atoms with E-state index < -0.39 is 11.7 Å². The van der Waals surface area contributed by atoms with Crippen molar-refractivity contribution in [2.24, 2.45) is 5.92 Å². The first kappa shape index (κ1) is 23.1. The maximum Gasteiger partial charge on any atom is 0.412 e. The molecule has 1 saturated carbocycles. The van der Waals surface area contributed by atoms with Crippen LogP contribution in [0, 0.1) is 5.92 Å². The fraction of sp³-hybridized carbons (Fsp3) is 0.583. The summed E-state index contributed by atoms with van der Waals surface area (Å²) in [4.78, 5) is 30.3. The molecular formula is C24H35N3O4. The van der Waals surface area contributed by atoms with Crippen LogP contribution in [0.4, 0.5) is 4.79 Å². The Labute approximate surface area is 184 Å². The Hall–Kier alpha value is -2.54. The Kier molecular flexibility index (Phi) is 7.59. The molecule has 3 rings (SSSR count). The highest BCUT2D eigenvalue weighted by atomic mass is 16.6. The molecule has 1 aromatic heterocycles. The molecule has 0 bridgehead atoms. The van der Waals surface area contributed by atoms with E-state index in [0.29, 0.717) is 5.75 Å². The van der Waals surface area contributed by atoms with Crippen LogP contribution in [0.25, 0.3) is 10.9 Å². The van der Waals surface area contributed by atoms with E-state index in [9.17, 15) is 9.59 Å². The number of nitrogens with one attached hydrogen (secondary N) is 2. The molecular weight excluding hydrogens is 394 g/mol. The smallest absolute Gasteiger partial charge is 0.412 e. The van der Waals surface area contributed by atoms with Crippen molar-refractivity contribution < 1.29 is 19.1 Å². The van der Waals surface area contributed by atoms with Crippen molar-refractivity contribution in [1.82, 2.24) is 15.2 Å². The number of likely N-dealkylation sites (N-methyl/N-ethyl adjacent to an activating group) is 1. The summed E-state index contributed by atoms with van der Waals surface area (Å²) in [6.07, 6.45) is 6.90. The van der Waals surface area contributed by atoms with E-state index in [0.717, 1.165) is 61.5 Å². The first-order chi connectivity index (χ1) is 14.8. The number of esters is 1. The zero-order valence-electron chi connectivity index (χ0n) is 19.1. The fourth-order valence-electron chi connectivity index (χ4n) is 4.06. The highest BCUT2D eigenvalue weighted by molar-refractivity contribution is 5.91. The van der Waals surface area contributed by atoms with Gasteiger partial charge in [0.15, 0.2) is 0 Å². The van der Waals surface area contributed by atoms with Gasteiger partial charge >= 0.3 is 12.1 Å². The quantitative estimate of drug-likeness (QED) is 0.613. The molecule has 7 nitrogen and oxygen atoms in total. The van der Waals surface area contributed by atoms with Crippen LogP contribution < -0.4 is 10.1 Å². The lowest BCUT2D eigenvalue weighted by Gasteiger charge is -2.37. The molecule has 170 valence electrons. The summed E-state index contributed by atoms with van der Waals surface area (Å²) in [5.74, 6) is 0.110. The summed E-state index contributed by atoms with van der Waals surface area (Å²) in [5, 5.41) is 3.78. The average molecular weight is 430 g/mol.